The third-order valence-electron chi connectivity index (χ3n) is 4.34. The summed E-state index contributed by atoms with van der Waals surface area (Å²) in [4.78, 5) is 11.0. The minimum atomic E-state index is 0.335. The Morgan fingerprint density at radius 1 is 1.14 bits per heavy atom. The molecule has 1 aliphatic rings. The van der Waals surface area contributed by atoms with Crippen molar-refractivity contribution in [1.29, 1.82) is 0 Å². The molecule has 0 heterocycles. The first-order valence-corrected chi connectivity index (χ1v) is 8.59. The summed E-state index contributed by atoms with van der Waals surface area (Å²) in [5, 5.41) is 2.25. The van der Waals surface area contributed by atoms with Gasteiger partial charge < -0.3 is 4.74 Å². The molecule has 0 amide bonds. The summed E-state index contributed by atoms with van der Waals surface area (Å²) < 4.78 is 7.32. The highest BCUT2D eigenvalue weighted by atomic mass is 127. The van der Waals surface area contributed by atoms with Crippen molar-refractivity contribution in [2.75, 3.05) is 0 Å². The number of rotatable bonds is 3. The molecule has 0 bridgehead atoms. The number of fused-ring (bicyclic) bond motifs is 1. The molecule has 0 atom stereocenters. The fraction of sp³-hybridized carbons (Fsp3) is 0.389. The Morgan fingerprint density at radius 2 is 1.86 bits per heavy atom. The summed E-state index contributed by atoms with van der Waals surface area (Å²) in [7, 11) is 0. The SMILES string of the molecule is C[C@H]1CC[C@@H](Oc2ccc3ccc(C=O)cc3c2I)CC1. The normalized spacial score (nSPS) is 22.2. The zero-order valence-corrected chi connectivity index (χ0v) is 14.3. The highest BCUT2D eigenvalue weighted by molar-refractivity contribution is 14.1. The van der Waals surface area contributed by atoms with Gasteiger partial charge in [0.1, 0.15) is 12.0 Å². The fourth-order valence-electron chi connectivity index (χ4n) is 2.97. The molecule has 1 fully saturated rings. The first kappa shape index (κ1) is 14.8. The Kier molecular flexibility index (Phi) is 4.48. The first-order valence-electron chi connectivity index (χ1n) is 7.51. The van der Waals surface area contributed by atoms with Crippen LogP contribution in [0, 0.1) is 9.49 Å². The predicted molar refractivity (Wildman–Crippen MR) is 94.1 cm³/mol. The van der Waals surface area contributed by atoms with Crippen molar-refractivity contribution >= 4 is 39.6 Å². The number of hydrogen-bond acceptors (Lipinski definition) is 2. The van der Waals surface area contributed by atoms with Crippen LogP contribution in [0.1, 0.15) is 43.0 Å². The van der Waals surface area contributed by atoms with Gasteiger partial charge in [-0.3, -0.25) is 4.79 Å². The summed E-state index contributed by atoms with van der Waals surface area (Å²) in [6.07, 6.45) is 6.02. The smallest absolute Gasteiger partial charge is 0.150 e. The van der Waals surface area contributed by atoms with Crippen LogP contribution in [0.15, 0.2) is 30.3 Å². The Hall–Kier alpha value is -1.10. The number of aldehydes is 1. The van der Waals surface area contributed by atoms with Crippen LogP contribution in [0.25, 0.3) is 10.8 Å². The fourth-order valence-corrected chi connectivity index (χ4v) is 3.75. The van der Waals surface area contributed by atoms with Crippen molar-refractivity contribution < 1.29 is 9.53 Å². The van der Waals surface area contributed by atoms with Crippen LogP contribution in [-0.2, 0) is 0 Å². The number of hydrogen-bond donors (Lipinski definition) is 0. The van der Waals surface area contributed by atoms with Gasteiger partial charge in [-0.1, -0.05) is 25.1 Å². The van der Waals surface area contributed by atoms with Crippen LogP contribution in [0.5, 0.6) is 5.75 Å². The third kappa shape index (κ3) is 3.23. The molecule has 0 aliphatic heterocycles. The standard InChI is InChI=1S/C18H19IO2/c1-12-2-7-15(8-3-12)21-17-9-6-14-5-4-13(11-20)10-16(14)18(17)19/h4-6,9-12,15H,2-3,7-8H2,1H3/t12-,15+. The molecule has 110 valence electrons. The van der Waals surface area contributed by atoms with Crippen molar-refractivity contribution in [2.45, 2.75) is 38.7 Å². The molecule has 2 aromatic rings. The first-order chi connectivity index (χ1) is 10.2. The number of ether oxygens (including phenoxy) is 1. The van der Waals surface area contributed by atoms with E-state index in [1.165, 1.54) is 12.8 Å². The Morgan fingerprint density at radius 3 is 2.57 bits per heavy atom. The average molecular weight is 394 g/mol. The lowest BCUT2D eigenvalue weighted by Gasteiger charge is -2.27. The number of halogens is 1. The molecule has 0 aromatic heterocycles. The Bertz CT molecular complexity index is 658. The van der Waals surface area contributed by atoms with Crippen LogP contribution in [0.4, 0.5) is 0 Å². The van der Waals surface area contributed by atoms with E-state index in [4.69, 9.17) is 4.74 Å². The maximum Gasteiger partial charge on any atom is 0.150 e. The maximum absolute atomic E-state index is 11.0. The van der Waals surface area contributed by atoms with Gasteiger partial charge in [0.15, 0.2) is 0 Å². The second-order valence-electron chi connectivity index (χ2n) is 5.98. The molecular weight excluding hydrogens is 375 g/mol. The molecule has 1 aliphatic carbocycles. The van der Waals surface area contributed by atoms with Gasteiger partial charge in [0, 0.05) is 5.56 Å². The van der Waals surface area contributed by atoms with Crippen molar-refractivity contribution in [1.82, 2.24) is 0 Å². The molecule has 0 radical (unpaired) electrons. The topological polar surface area (TPSA) is 26.3 Å². The zero-order valence-electron chi connectivity index (χ0n) is 12.1. The average Bonchev–Trinajstić information content (AvgIpc) is 2.52. The third-order valence-corrected chi connectivity index (χ3v) is 5.45. The summed E-state index contributed by atoms with van der Waals surface area (Å²) in [5.41, 5.74) is 0.712. The molecule has 0 unspecified atom stereocenters. The largest absolute Gasteiger partial charge is 0.489 e. The molecular formula is C18H19IO2. The summed E-state index contributed by atoms with van der Waals surface area (Å²) >= 11 is 2.33. The van der Waals surface area contributed by atoms with Crippen molar-refractivity contribution in [2.24, 2.45) is 5.92 Å². The van der Waals surface area contributed by atoms with E-state index in [2.05, 4.69) is 41.6 Å². The monoisotopic (exact) mass is 394 g/mol. The quantitative estimate of drug-likeness (QED) is 0.528. The van der Waals surface area contributed by atoms with Crippen LogP contribution in [0.3, 0.4) is 0 Å². The van der Waals surface area contributed by atoms with Crippen molar-refractivity contribution in [3.8, 4) is 5.75 Å². The number of carbonyl (C=O) groups is 1. The van der Waals surface area contributed by atoms with Gasteiger partial charge in [0.25, 0.3) is 0 Å². The Labute approximate surface area is 139 Å². The molecule has 21 heavy (non-hydrogen) atoms. The van der Waals surface area contributed by atoms with Gasteiger partial charge >= 0.3 is 0 Å². The van der Waals surface area contributed by atoms with Gasteiger partial charge in [-0.25, -0.2) is 0 Å². The van der Waals surface area contributed by atoms with E-state index >= 15 is 0 Å². The second kappa shape index (κ2) is 6.34. The van der Waals surface area contributed by atoms with E-state index in [0.717, 1.165) is 45.1 Å². The van der Waals surface area contributed by atoms with E-state index < -0.39 is 0 Å². The highest BCUT2D eigenvalue weighted by Crippen LogP contribution is 2.33. The maximum atomic E-state index is 11.0. The summed E-state index contributed by atoms with van der Waals surface area (Å²) in [6, 6.07) is 9.93. The van der Waals surface area contributed by atoms with Gasteiger partial charge in [0.05, 0.1) is 9.67 Å². The lowest BCUT2D eigenvalue weighted by atomic mass is 9.89. The number of carbonyl (C=O) groups excluding carboxylic acids is 1. The van der Waals surface area contributed by atoms with E-state index in [-0.39, 0.29) is 0 Å². The van der Waals surface area contributed by atoms with Gasteiger partial charge in [0.2, 0.25) is 0 Å². The molecule has 0 saturated heterocycles. The van der Waals surface area contributed by atoms with Gasteiger partial charge in [-0.2, -0.15) is 0 Å². The Balaban J connectivity index is 1.88. The van der Waals surface area contributed by atoms with Crippen LogP contribution in [-0.4, -0.2) is 12.4 Å². The minimum absolute atomic E-state index is 0.335. The van der Waals surface area contributed by atoms with Crippen molar-refractivity contribution in [3.05, 3.63) is 39.5 Å². The lowest BCUT2D eigenvalue weighted by molar-refractivity contribution is 0.112. The molecule has 2 aromatic carbocycles. The zero-order chi connectivity index (χ0) is 14.8. The summed E-state index contributed by atoms with van der Waals surface area (Å²) in [6.45, 7) is 2.32. The van der Waals surface area contributed by atoms with E-state index in [9.17, 15) is 4.79 Å². The van der Waals surface area contributed by atoms with Gasteiger partial charge in [-0.15, -0.1) is 0 Å². The summed E-state index contributed by atoms with van der Waals surface area (Å²) in [5.74, 6) is 1.78. The predicted octanol–water partition coefficient (Wildman–Crippen LogP) is 5.21. The number of benzene rings is 2. The van der Waals surface area contributed by atoms with Crippen LogP contribution < -0.4 is 4.74 Å². The van der Waals surface area contributed by atoms with E-state index in [0.29, 0.717) is 11.7 Å². The van der Waals surface area contributed by atoms with E-state index in [1.54, 1.807) is 0 Å². The van der Waals surface area contributed by atoms with Crippen molar-refractivity contribution in [3.63, 3.8) is 0 Å². The van der Waals surface area contributed by atoms with Gasteiger partial charge in [-0.05, 0) is 77.1 Å². The molecule has 1 saturated carbocycles. The second-order valence-corrected chi connectivity index (χ2v) is 7.05. The van der Waals surface area contributed by atoms with Crippen LogP contribution in [0.2, 0.25) is 0 Å². The minimum Gasteiger partial charge on any atom is -0.489 e. The highest BCUT2D eigenvalue weighted by Gasteiger charge is 2.20. The van der Waals surface area contributed by atoms with Crippen LogP contribution >= 0.6 is 22.6 Å². The molecule has 0 N–H and O–H groups in total. The molecule has 2 nitrogen and oxygen atoms in total. The molecule has 0 spiro atoms. The lowest BCUT2D eigenvalue weighted by Crippen LogP contribution is -2.23. The molecule has 3 rings (SSSR count). The van der Waals surface area contributed by atoms with E-state index in [1.807, 2.05) is 18.2 Å². The molecule has 3 heteroatoms.